The van der Waals surface area contributed by atoms with Crippen LogP contribution in [0.15, 0.2) is 78.9 Å². The number of alkyl halides is 1. The number of carboxylic acid groups (broad SMARTS) is 6. The van der Waals surface area contributed by atoms with E-state index in [-0.39, 0.29) is 160 Å². The molecule has 1 saturated carbocycles. The summed E-state index contributed by atoms with van der Waals surface area (Å²) in [6, 6.07) is 17.8. The van der Waals surface area contributed by atoms with E-state index in [1.807, 2.05) is 84.2 Å². The standard InChI is InChI=1S/C72H99FN12O20/c1-105-51-25-21-46(22-26-51)11-10-18-60(86)76-41-61(87)78-56(16-6-8-27-74-62(88)42-82-29-31-83(43-63(89)90)33-35-85(45-65(93)94)36-34-84(32-30-82)44-64(91)92)67(96)77-40-47-19-23-48(24-20-47)66(95)79-58(38-54-52-14-4-2-12-49(52)37-50-13-3-5-15-53(50)54)68(97)75-28-9-7-17-57(70(100)101)80-72(104)81-59(71(102)103)39-55(73)69(98)99/h2-5,12-15,21-22,25-26,37,47-48,55-59H,6-11,16-20,23-24,27-36,38-45H2,1H3,(H,74,88)(H,75,97)(H,76,86)(H,77,96)(H,78,87)(H,79,95)(H,89,90)(H,91,92)(H,93,94)(H,98,99)(H,100,101)(H,102,103)(H2,80,81,104)/t47?,48?,55-,56+,57+,58+,59+/m1/s1. The zero-order chi connectivity index (χ0) is 76.4. The van der Waals surface area contributed by atoms with Crippen LogP contribution in [0.25, 0.3) is 21.5 Å². The van der Waals surface area contributed by atoms with Crippen LogP contribution in [0, 0.1) is 11.8 Å². The Morgan fingerprint density at radius 2 is 0.990 bits per heavy atom. The molecule has 0 aromatic heterocycles. The summed E-state index contributed by atoms with van der Waals surface area (Å²) in [7, 11) is 1.57. The minimum atomic E-state index is -2.62. The van der Waals surface area contributed by atoms with Gasteiger partial charge in [-0.15, -0.1) is 0 Å². The van der Waals surface area contributed by atoms with E-state index in [9.17, 15) is 92.3 Å². The maximum Gasteiger partial charge on any atom is 0.338 e. The van der Waals surface area contributed by atoms with Crippen LogP contribution in [0.5, 0.6) is 5.75 Å². The first-order chi connectivity index (χ1) is 50.2. The molecule has 4 aromatic rings. The molecule has 32 nitrogen and oxygen atoms in total. The Labute approximate surface area is 606 Å². The largest absolute Gasteiger partial charge is 0.497 e. The number of halogens is 1. The van der Waals surface area contributed by atoms with Crippen LogP contribution in [-0.4, -0.2) is 270 Å². The number of unbranched alkanes of at least 4 members (excludes halogenated alkanes) is 2. The Bertz CT molecular complexity index is 3530. The predicted molar refractivity (Wildman–Crippen MR) is 380 cm³/mol. The van der Waals surface area contributed by atoms with Crippen molar-refractivity contribution in [1.29, 1.82) is 0 Å². The summed E-state index contributed by atoms with van der Waals surface area (Å²) in [5, 5.41) is 81.6. The van der Waals surface area contributed by atoms with Crippen molar-refractivity contribution in [3.8, 4) is 5.75 Å². The third-order valence-corrected chi connectivity index (χ3v) is 18.6. The molecule has 0 bridgehead atoms. The fourth-order valence-electron chi connectivity index (χ4n) is 12.8. The summed E-state index contributed by atoms with van der Waals surface area (Å²) in [5.41, 5.74) is 1.81. The smallest absolute Gasteiger partial charge is 0.338 e. The number of carbonyl (C=O) groups is 13. The van der Waals surface area contributed by atoms with Crippen LogP contribution in [-0.2, 0) is 70.4 Å². The number of nitrogens with one attached hydrogen (secondary N) is 8. The Hall–Kier alpha value is -10.1. The first-order valence-electron chi connectivity index (χ1n) is 35.4. The second-order valence-corrected chi connectivity index (χ2v) is 26.5. The molecular weight excluding hydrogens is 1370 g/mol. The third kappa shape index (κ3) is 30.2. The SMILES string of the molecule is COc1ccc(CCCC(=O)NCC(=O)N[C@@H](CCCCNC(=O)CN2CCN(CC(=O)O)CCN(CC(=O)O)CCN(CC(=O)O)CC2)C(=O)NCC2CCC(C(=O)N[C@@H](Cc3c4ccccc4cc4ccccc34)C(=O)NCCCC[C@H](NC(=O)N[C@@H](C[C@@H](F)C(=O)O)C(=O)O)C(=O)O)CC2)cc1. The van der Waals surface area contributed by atoms with Gasteiger partial charge in [0.2, 0.25) is 35.4 Å². The topological polar surface area (TPSA) is 462 Å². The normalized spacial score (nSPS) is 17.1. The number of aliphatic carboxylic acids is 6. The van der Waals surface area contributed by atoms with E-state index in [0.717, 1.165) is 32.7 Å². The number of nitrogens with zero attached hydrogens (tertiary/aromatic N) is 4. The van der Waals surface area contributed by atoms with Crippen molar-refractivity contribution in [2.75, 3.05) is 112 Å². The molecule has 2 fully saturated rings. The van der Waals surface area contributed by atoms with Crippen LogP contribution in [0.2, 0.25) is 0 Å². The van der Waals surface area contributed by atoms with E-state index < -0.39 is 109 Å². The zero-order valence-corrected chi connectivity index (χ0v) is 59.0. The number of carboxylic acids is 6. The van der Waals surface area contributed by atoms with E-state index in [2.05, 4.69) is 37.2 Å². The molecule has 105 heavy (non-hydrogen) atoms. The predicted octanol–water partition coefficient (Wildman–Crippen LogP) is 1.64. The molecule has 1 saturated heterocycles. The van der Waals surface area contributed by atoms with Gasteiger partial charge in [0.15, 0.2) is 6.17 Å². The first kappa shape index (κ1) is 83.8. The molecule has 33 heteroatoms. The maximum atomic E-state index is 14.4. The quantitative estimate of drug-likeness (QED) is 0.0222. The van der Waals surface area contributed by atoms with Crippen LogP contribution in [0.1, 0.15) is 94.6 Å². The lowest BCUT2D eigenvalue weighted by Gasteiger charge is -2.32. The molecule has 0 unspecified atom stereocenters. The number of benzene rings is 4. The summed E-state index contributed by atoms with van der Waals surface area (Å²) >= 11 is 0. The van der Waals surface area contributed by atoms with Crippen LogP contribution >= 0.6 is 0 Å². The number of rotatable bonds is 41. The number of aryl methyl sites for hydroxylation is 1. The highest BCUT2D eigenvalue weighted by atomic mass is 19.1. The van der Waals surface area contributed by atoms with E-state index in [1.165, 1.54) is 0 Å². The number of ether oxygens (including phenoxy) is 1. The van der Waals surface area contributed by atoms with Gasteiger partial charge in [0.1, 0.15) is 29.9 Å². The van der Waals surface area contributed by atoms with Gasteiger partial charge in [-0.05, 0) is 134 Å². The average Bonchev–Trinajstić information content (AvgIpc) is 0.773. The third-order valence-electron chi connectivity index (χ3n) is 18.6. The van der Waals surface area contributed by atoms with E-state index in [1.54, 1.807) is 26.7 Å². The number of carbonyl (C=O) groups excluding carboxylic acids is 7. The van der Waals surface area contributed by atoms with Crippen molar-refractivity contribution in [2.45, 2.75) is 127 Å². The van der Waals surface area contributed by atoms with Crippen molar-refractivity contribution in [3.05, 3.63) is 90.0 Å². The molecule has 8 amide bonds. The number of hydrogen-bond donors (Lipinski definition) is 14. The van der Waals surface area contributed by atoms with Gasteiger partial charge in [-0.2, -0.15) is 0 Å². The lowest BCUT2D eigenvalue weighted by Crippen LogP contribution is -2.52. The Balaban J connectivity index is 1.05. The minimum Gasteiger partial charge on any atom is -0.497 e. The van der Waals surface area contributed by atoms with Gasteiger partial charge in [0, 0.05) is 97.2 Å². The lowest BCUT2D eigenvalue weighted by atomic mass is 9.81. The molecule has 4 aromatic carbocycles. The van der Waals surface area contributed by atoms with Crippen molar-refractivity contribution in [1.82, 2.24) is 62.1 Å². The Morgan fingerprint density at radius 3 is 1.50 bits per heavy atom. The highest BCUT2D eigenvalue weighted by molar-refractivity contribution is 6.03. The Morgan fingerprint density at radius 1 is 0.495 bits per heavy atom. The second kappa shape index (κ2) is 43.9. The summed E-state index contributed by atoms with van der Waals surface area (Å²) in [5.74, 6) is -11.1. The molecule has 5 atom stereocenters. The van der Waals surface area contributed by atoms with Gasteiger partial charge in [-0.1, -0.05) is 60.7 Å². The molecule has 6 rings (SSSR count). The molecule has 2 aliphatic rings. The monoisotopic (exact) mass is 1470 g/mol. The molecule has 0 spiro atoms. The maximum absolute atomic E-state index is 14.4. The molecular formula is C72H99FN12O20. The van der Waals surface area contributed by atoms with E-state index >= 15 is 0 Å². The van der Waals surface area contributed by atoms with Gasteiger partial charge in [0.25, 0.3) is 0 Å². The van der Waals surface area contributed by atoms with Gasteiger partial charge in [0.05, 0.1) is 39.8 Å². The molecule has 0 radical (unpaired) electrons. The van der Waals surface area contributed by atoms with Crippen LogP contribution in [0.4, 0.5) is 9.18 Å². The highest BCUT2D eigenvalue weighted by Gasteiger charge is 2.33. The van der Waals surface area contributed by atoms with E-state index in [0.29, 0.717) is 57.1 Å². The average molecular weight is 1470 g/mol. The molecule has 1 aliphatic heterocycles. The molecule has 14 N–H and O–H groups in total. The first-order valence-corrected chi connectivity index (χ1v) is 35.4. The van der Waals surface area contributed by atoms with E-state index in [4.69, 9.17) is 9.84 Å². The Kier molecular flexibility index (Phi) is 35.0. The van der Waals surface area contributed by atoms with Crippen molar-refractivity contribution in [3.63, 3.8) is 0 Å². The number of methoxy groups -OCH3 is 1. The lowest BCUT2D eigenvalue weighted by molar-refractivity contribution is -0.145. The van der Waals surface area contributed by atoms with Gasteiger partial charge < -0.3 is 77.9 Å². The summed E-state index contributed by atoms with van der Waals surface area (Å²) in [4.78, 5) is 172. The zero-order valence-electron chi connectivity index (χ0n) is 59.0. The number of hydrogen-bond acceptors (Lipinski definition) is 18. The number of urea groups is 1. The highest BCUT2D eigenvalue weighted by Crippen LogP contribution is 2.32. The molecule has 1 heterocycles. The molecule has 574 valence electrons. The van der Waals surface area contributed by atoms with Gasteiger partial charge >= 0.3 is 41.8 Å². The van der Waals surface area contributed by atoms with Crippen molar-refractivity contribution in [2.24, 2.45) is 11.8 Å². The van der Waals surface area contributed by atoms with Crippen LogP contribution in [0.3, 0.4) is 0 Å². The van der Waals surface area contributed by atoms with Crippen LogP contribution < -0.4 is 47.3 Å². The molecule has 1 aliphatic carbocycles. The fourth-order valence-corrected chi connectivity index (χ4v) is 12.8. The summed E-state index contributed by atoms with van der Waals surface area (Å²) < 4.78 is 19.0. The van der Waals surface area contributed by atoms with Gasteiger partial charge in [-0.25, -0.2) is 23.6 Å². The van der Waals surface area contributed by atoms with Crippen molar-refractivity contribution < 1.29 is 102 Å². The second-order valence-electron chi connectivity index (χ2n) is 26.5. The fraction of sp³-hybridized carbons (Fsp3) is 0.542. The summed E-state index contributed by atoms with van der Waals surface area (Å²) in [6.07, 6.45) is 0.399. The van der Waals surface area contributed by atoms with Gasteiger partial charge in [-0.3, -0.25) is 62.8 Å². The summed E-state index contributed by atoms with van der Waals surface area (Å²) in [6.45, 7) is 0.659. The number of amides is 8. The van der Waals surface area contributed by atoms with Crippen molar-refractivity contribution >= 4 is 98.8 Å². The minimum absolute atomic E-state index is 0.0127. The number of fused-ring (bicyclic) bond motifs is 2.